The predicted octanol–water partition coefficient (Wildman–Crippen LogP) is 3.87. The van der Waals surface area contributed by atoms with Crippen LogP contribution in [0.25, 0.3) is 0 Å². The smallest absolute Gasteiger partial charge is 0.225 e. The van der Waals surface area contributed by atoms with Gasteiger partial charge in [0.15, 0.2) is 0 Å². The fraction of sp³-hybridized carbons (Fsp3) is 0.409. The molecule has 3 nitrogen and oxygen atoms in total. The van der Waals surface area contributed by atoms with Crippen LogP contribution in [0.4, 0.5) is 0 Å². The quantitative estimate of drug-likeness (QED) is 0.827. The molecule has 1 amide bonds. The van der Waals surface area contributed by atoms with E-state index >= 15 is 0 Å². The summed E-state index contributed by atoms with van der Waals surface area (Å²) in [4.78, 5) is 17.1. The third-order valence-corrected chi connectivity index (χ3v) is 5.10. The first-order chi connectivity index (χ1) is 12.1. The molecule has 0 radical (unpaired) electrons. The van der Waals surface area contributed by atoms with Crippen LogP contribution >= 0.6 is 0 Å². The fourth-order valence-corrected chi connectivity index (χ4v) is 3.54. The predicted molar refractivity (Wildman–Crippen MR) is 102 cm³/mol. The Morgan fingerprint density at radius 1 is 1.00 bits per heavy atom. The van der Waals surface area contributed by atoms with Gasteiger partial charge in [-0.1, -0.05) is 60.2 Å². The van der Waals surface area contributed by atoms with Gasteiger partial charge < -0.3 is 4.90 Å². The fourth-order valence-electron chi connectivity index (χ4n) is 3.54. The van der Waals surface area contributed by atoms with Crippen LogP contribution in [-0.2, 0) is 17.9 Å². The maximum atomic E-state index is 12.7. The summed E-state index contributed by atoms with van der Waals surface area (Å²) in [6.45, 7) is 5.78. The van der Waals surface area contributed by atoms with Gasteiger partial charge in [-0.05, 0) is 44.0 Å². The van der Waals surface area contributed by atoms with Gasteiger partial charge in [0.05, 0.1) is 0 Å². The topological polar surface area (TPSA) is 23.6 Å². The van der Waals surface area contributed by atoms with Gasteiger partial charge in [0, 0.05) is 26.1 Å². The first-order valence-corrected chi connectivity index (χ1v) is 9.18. The summed E-state index contributed by atoms with van der Waals surface area (Å²) < 4.78 is 0. The Morgan fingerprint density at radius 3 is 2.28 bits per heavy atom. The van der Waals surface area contributed by atoms with E-state index in [1.807, 2.05) is 11.9 Å². The number of piperidine rings is 1. The summed E-state index contributed by atoms with van der Waals surface area (Å²) in [7, 11) is 1.93. The van der Waals surface area contributed by atoms with Gasteiger partial charge in [0.25, 0.3) is 0 Å². The number of likely N-dealkylation sites (tertiary alicyclic amines) is 1. The number of rotatable bonds is 5. The van der Waals surface area contributed by atoms with E-state index in [1.165, 1.54) is 16.7 Å². The lowest BCUT2D eigenvalue weighted by Crippen LogP contribution is -2.40. The highest BCUT2D eigenvalue weighted by atomic mass is 16.2. The van der Waals surface area contributed by atoms with Crippen molar-refractivity contribution in [2.24, 2.45) is 5.92 Å². The molecule has 1 heterocycles. The largest absolute Gasteiger partial charge is 0.341 e. The zero-order valence-electron chi connectivity index (χ0n) is 15.3. The summed E-state index contributed by atoms with van der Waals surface area (Å²) >= 11 is 0. The van der Waals surface area contributed by atoms with E-state index in [0.717, 1.165) is 32.5 Å². The molecule has 1 saturated heterocycles. The van der Waals surface area contributed by atoms with Crippen molar-refractivity contribution in [2.75, 3.05) is 20.1 Å². The lowest BCUT2D eigenvalue weighted by Gasteiger charge is -2.33. The number of amides is 1. The molecule has 0 bridgehead atoms. The van der Waals surface area contributed by atoms with Gasteiger partial charge in [-0.25, -0.2) is 0 Å². The van der Waals surface area contributed by atoms with Gasteiger partial charge in [0.1, 0.15) is 0 Å². The number of nitrogens with zero attached hydrogens (tertiary/aromatic N) is 2. The molecule has 0 unspecified atom stereocenters. The molecular weight excluding hydrogens is 308 g/mol. The third kappa shape index (κ3) is 4.93. The molecule has 2 aromatic rings. The molecule has 0 N–H and O–H groups in total. The average molecular weight is 336 g/mol. The van der Waals surface area contributed by atoms with Crippen LogP contribution in [0.2, 0.25) is 0 Å². The zero-order chi connectivity index (χ0) is 17.6. The Bertz CT molecular complexity index is 673. The summed E-state index contributed by atoms with van der Waals surface area (Å²) in [5.74, 6) is 0.461. The minimum absolute atomic E-state index is 0.169. The van der Waals surface area contributed by atoms with Crippen molar-refractivity contribution in [3.8, 4) is 0 Å². The van der Waals surface area contributed by atoms with Crippen LogP contribution in [0.15, 0.2) is 54.6 Å². The SMILES string of the molecule is Cc1ccc(CN(C)C(=O)C2CCN(Cc3ccccc3)CC2)cc1. The van der Waals surface area contributed by atoms with Crippen molar-refractivity contribution in [2.45, 2.75) is 32.9 Å². The normalized spacial score (nSPS) is 15.9. The van der Waals surface area contributed by atoms with E-state index in [1.54, 1.807) is 0 Å². The molecule has 25 heavy (non-hydrogen) atoms. The third-order valence-electron chi connectivity index (χ3n) is 5.10. The molecule has 0 atom stereocenters. The summed E-state index contributed by atoms with van der Waals surface area (Å²) in [6.07, 6.45) is 1.92. The zero-order valence-corrected chi connectivity index (χ0v) is 15.3. The van der Waals surface area contributed by atoms with Crippen molar-refractivity contribution >= 4 is 5.91 Å². The number of benzene rings is 2. The molecular formula is C22H28N2O. The van der Waals surface area contributed by atoms with E-state index in [4.69, 9.17) is 0 Å². The number of carbonyl (C=O) groups excluding carboxylic acids is 1. The molecule has 0 saturated carbocycles. The Hall–Kier alpha value is -2.13. The Balaban J connectivity index is 1.48. The first kappa shape index (κ1) is 17.7. The maximum Gasteiger partial charge on any atom is 0.225 e. The lowest BCUT2D eigenvalue weighted by molar-refractivity contribution is -0.136. The summed E-state index contributed by atoms with van der Waals surface area (Å²) in [5.41, 5.74) is 3.80. The van der Waals surface area contributed by atoms with Crippen LogP contribution in [0.1, 0.15) is 29.5 Å². The van der Waals surface area contributed by atoms with Crippen LogP contribution in [0, 0.1) is 12.8 Å². The highest BCUT2D eigenvalue weighted by Crippen LogP contribution is 2.21. The molecule has 3 rings (SSSR count). The highest BCUT2D eigenvalue weighted by Gasteiger charge is 2.27. The van der Waals surface area contributed by atoms with Gasteiger partial charge >= 0.3 is 0 Å². The minimum Gasteiger partial charge on any atom is -0.341 e. The monoisotopic (exact) mass is 336 g/mol. The second-order valence-electron chi connectivity index (χ2n) is 7.22. The van der Waals surface area contributed by atoms with Crippen molar-refractivity contribution in [3.05, 3.63) is 71.3 Å². The van der Waals surface area contributed by atoms with Crippen molar-refractivity contribution in [1.82, 2.24) is 9.80 Å². The summed E-state index contributed by atoms with van der Waals surface area (Å²) in [5, 5.41) is 0. The van der Waals surface area contributed by atoms with Crippen LogP contribution in [0.3, 0.4) is 0 Å². The van der Waals surface area contributed by atoms with E-state index in [0.29, 0.717) is 12.5 Å². The molecule has 1 fully saturated rings. The van der Waals surface area contributed by atoms with E-state index in [9.17, 15) is 4.79 Å². The molecule has 0 aliphatic carbocycles. The Morgan fingerprint density at radius 2 is 1.64 bits per heavy atom. The number of carbonyl (C=O) groups is 1. The molecule has 2 aromatic carbocycles. The standard InChI is InChI=1S/C22H28N2O/c1-18-8-10-20(11-9-18)16-23(2)22(25)21-12-14-24(15-13-21)17-19-6-4-3-5-7-19/h3-11,21H,12-17H2,1-2H3. The molecule has 3 heteroatoms. The first-order valence-electron chi connectivity index (χ1n) is 9.18. The molecule has 132 valence electrons. The van der Waals surface area contributed by atoms with E-state index in [-0.39, 0.29) is 5.92 Å². The van der Waals surface area contributed by atoms with Crippen molar-refractivity contribution in [1.29, 1.82) is 0 Å². The van der Waals surface area contributed by atoms with E-state index < -0.39 is 0 Å². The van der Waals surface area contributed by atoms with Crippen LogP contribution < -0.4 is 0 Å². The second-order valence-corrected chi connectivity index (χ2v) is 7.22. The molecule has 0 spiro atoms. The molecule has 1 aliphatic rings. The van der Waals surface area contributed by atoms with Gasteiger partial charge in [-0.2, -0.15) is 0 Å². The molecule has 1 aliphatic heterocycles. The van der Waals surface area contributed by atoms with Gasteiger partial charge in [-0.15, -0.1) is 0 Å². The minimum atomic E-state index is 0.169. The Labute approximate surface area is 151 Å². The van der Waals surface area contributed by atoms with Crippen molar-refractivity contribution in [3.63, 3.8) is 0 Å². The maximum absolute atomic E-state index is 12.7. The van der Waals surface area contributed by atoms with Crippen LogP contribution in [0.5, 0.6) is 0 Å². The average Bonchev–Trinajstić information content (AvgIpc) is 2.64. The van der Waals surface area contributed by atoms with Gasteiger partial charge in [-0.3, -0.25) is 9.69 Å². The lowest BCUT2D eigenvalue weighted by atomic mass is 9.95. The molecule has 0 aromatic heterocycles. The second kappa shape index (κ2) is 8.30. The van der Waals surface area contributed by atoms with Crippen molar-refractivity contribution < 1.29 is 4.79 Å². The summed E-state index contributed by atoms with van der Waals surface area (Å²) in [6, 6.07) is 19.0. The number of aryl methyl sites for hydroxylation is 1. The van der Waals surface area contributed by atoms with Gasteiger partial charge in [0.2, 0.25) is 5.91 Å². The van der Waals surface area contributed by atoms with E-state index in [2.05, 4.69) is 66.4 Å². The number of hydrogen-bond acceptors (Lipinski definition) is 2. The van der Waals surface area contributed by atoms with Crippen LogP contribution in [-0.4, -0.2) is 35.8 Å². The highest BCUT2D eigenvalue weighted by molar-refractivity contribution is 5.78. The number of hydrogen-bond donors (Lipinski definition) is 0. The Kier molecular flexibility index (Phi) is 5.87.